The first-order valence-electron chi connectivity index (χ1n) is 5.97. The number of carbonyl (C=O) groups is 1. The molecule has 1 N–H and O–H groups in total. The van der Waals surface area contributed by atoms with Crippen molar-refractivity contribution >= 4 is 11.9 Å². The van der Waals surface area contributed by atoms with Gasteiger partial charge in [-0.3, -0.25) is 4.79 Å². The number of carbonyl (C=O) groups excluding carboxylic acids is 1. The van der Waals surface area contributed by atoms with Crippen LogP contribution in [0.1, 0.15) is 21.5 Å². The molecule has 3 rings (SSSR count). The highest BCUT2D eigenvalue weighted by molar-refractivity contribution is 6.14. The molecule has 19 heavy (non-hydrogen) atoms. The molecule has 2 aromatic carbocycles. The average Bonchev–Trinajstić information content (AvgIpc) is 2.68. The fraction of sp³-hybridized carbons (Fsp3) is 0.0625. The van der Waals surface area contributed by atoms with Crippen molar-refractivity contribution in [1.82, 2.24) is 0 Å². The zero-order valence-corrected chi connectivity index (χ0v) is 10.4. The summed E-state index contributed by atoms with van der Waals surface area (Å²) in [6.45, 7) is 2.01. The number of hydrogen-bond donors (Lipinski definition) is 1. The van der Waals surface area contributed by atoms with Crippen LogP contribution in [0.4, 0.5) is 0 Å². The number of aromatic hydroxyl groups is 1. The number of Topliss-reactive ketones (excluding diaryl/α,β-unsaturated/α-hetero) is 1. The SMILES string of the molecule is Cc1ccc(/C=C2\Oc3cc(O)ccc3C2=O)cc1. The number of benzene rings is 2. The topological polar surface area (TPSA) is 46.5 Å². The Morgan fingerprint density at radius 1 is 1.11 bits per heavy atom. The predicted octanol–water partition coefficient (Wildman–Crippen LogP) is 3.32. The first kappa shape index (κ1) is 11.5. The molecule has 0 aliphatic carbocycles. The van der Waals surface area contributed by atoms with E-state index in [0.29, 0.717) is 11.3 Å². The number of rotatable bonds is 1. The standard InChI is InChI=1S/C16H12O3/c1-10-2-4-11(5-3-10)8-15-16(18)13-7-6-12(17)9-14(13)19-15/h2-9,17H,1H3/b15-8-. The first-order chi connectivity index (χ1) is 9.13. The number of hydrogen-bond acceptors (Lipinski definition) is 3. The van der Waals surface area contributed by atoms with Crippen molar-refractivity contribution in [3.63, 3.8) is 0 Å². The van der Waals surface area contributed by atoms with E-state index in [1.165, 1.54) is 12.1 Å². The van der Waals surface area contributed by atoms with Crippen LogP contribution in [-0.4, -0.2) is 10.9 Å². The molecule has 94 valence electrons. The van der Waals surface area contributed by atoms with Crippen LogP contribution in [0.25, 0.3) is 6.08 Å². The van der Waals surface area contributed by atoms with Crippen LogP contribution in [0.5, 0.6) is 11.5 Å². The molecule has 1 heterocycles. The summed E-state index contributed by atoms with van der Waals surface area (Å²) in [7, 11) is 0. The molecule has 2 aromatic rings. The molecule has 0 unspecified atom stereocenters. The number of fused-ring (bicyclic) bond motifs is 1. The molecule has 3 heteroatoms. The Morgan fingerprint density at radius 2 is 1.84 bits per heavy atom. The molecule has 0 atom stereocenters. The van der Waals surface area contributed by atoms with E-state index in [9.17, 15) is 9.90 Å². The van der Waals surface area contributed by atoms with E-state index in [0.717, 1.165) is 11.1 Å². The Hall–Kier alpha value is -2.55. The van der Waals surface area contributed by atoms with Crippen LogP contribution in [0.15, 0.2) is 48.2 Å². The summed E-state index contributed by atoms with van der Waals surface area (Å²) in [5.74, 6) is 0.617. The molecule has 0 radical (unpaired) electrons. The maximum Gasteiger partial charge on any atom is 0.231 e. The van der Waals surface area contributed by atoms with Crippen LogP contribution in [0.3, 0.4) is 0 Å². The maximum absolute atomic E-state index is 12.1. The summed E-state index contributed by atoms with van der Waals surface area (Å²) in [5, 5.41) is 9.38. The lowest BCUT2D eigenvalue weighted by Crippen LogP contribution is -1.97. The van der Waals surface area contributed by atoms with Gasteiger partial charge in [0.05, 0.1) is 5.56 Å². The van der Waals surface area contributed by atoms with Crippen molar-refractivity contribution in [1.29, 1.82) is 0 Å². The lowest BCUT2D eigenvalue weighted by Gasteiger charge is -1.99. The van der Waals surface area contributed by atoms with Gasteiger partial charge in [-0.2, -0.15) is 0 Å². The second-order valence-electron chi connectivity index (χ2n) is 4.53. The predicted molar refractivity (Wildman–Crippen MR) is 72.2 cm³/mol. The summed E-state index contributed by atoms with van der Waals surface area (Å²) in [4.78, 5) is 12.1. The lowest BCUT2D eigenvalue weighted by atomic mass is 10.1. The zero-order valence-electron chi connectivity index (χ0n) is 10.4. The van der Waals surface area contributed by atoms with E-state index >= 15 is 0 Å². The number of ether oxygens (including phenoxy) is 1. The molecule has 0 saturated carbocycles. The number of phenolic OH excluding ortho intramolecular Hbond substituents is 1. The highest BCUT2D eigenvalue weighted by Gasteiger charge is 2.27. The highest BCUT2D eigenvalue weighted by atomic mass is 16.5. The van der Waals surface area contributed by atoms with Crippen LogP contribution >= 0.6 is 0 Å². The molecular formula is C16H12O3. The third-order valence-corrected chi connectivity index (χ3v) is 3.03. The minimum atomic E-state index is -0.157. The fourth-order valence-corrected chi connectivity index (χ4v) is 1.99. The highest BCUT2D eigenvalue weighted by Crippen LogP contribution is 2.34. The van der Waals surface area contributed by atoms with E-state index in [4.69, 9.17) is 4.74 Å². The Labute approximate surface area is 110 Å². The number of phenols is 1. The molecule has 0 spiro atoms. The maximum atomic E-state index is 12.1. The zero-order chi connectivity index (χ0) is 13.4. The molecule has 1 aliphatic rings. The van der Waals surface area contributed by atoms with Crippen molar-refractivity contribution in [3.05, 3.63) is 64.9 Å². The third-order valence-electron chi connectivity index (χ3n) is 3.03. The van der Waals surface area contributed by atoms with E-state index in [1.54, 1.807) is 12.1 Å². The van der Waals surface area contributed by atoms with Crippen molar-refractivity contribution in [3.8, 4) is 11.5 Å². The lowest BCUT2D eigenvalue weighted by molar-refractivity contribution is 0.101. The smallest absolute Gasteiger partial charge is 0.231 e. The molecule has 0 fully saturated rings. The largest absolute Gasteiger partial charge is 0.508 e. The van der Waals surface area contributed by atoms with E-state index < -0.39 is 0 Å². The van der Waals surface area contributed by atoms with Gasteiger partial charge in [-0.1, -0.05) is 29.8 Å². The Kier molecular flexibility index (Phi) is 2.60. The minimum Gasteiger partial charge on any atom is -0.508 e. The van der Waals surface area contributed by atoms with Gasteiger partial charge in [0.1, 0.15) is 11.5 Å². The van der Waals surface area contributed by atoms with Gasteiger partial charge in [-0.25, -0.2) is 0 Å². The quantitative estimate of drug-likeness (QED) is 0.792. The van der Waals surface area contributed by atoms with Gasteiger partial charge < -0.3 is 9.84 Å². The Morgan fingerprint density at radius 3 is 2.58 bits per heavy atom. The fourth-order valence-electron chi connectivity index (χ4n) is 1.99. The number of allylic oxidation sites excluding steroid dienone is 1. The molecule has 0 bridgehead atoms. The van der Waals surface area contributed by atoms with Gasteiger partial charge >= 0.3 is 0 Å². The third kappa shape index (κ3) is 2.10. The van der Waals surface area contributed by atoms with Gasteiger partial charge in [0.15, 0.2) is 5.76 Å². The molecule has 1 aliphatic heterocycles. The van der Waals surface area contributed by atoms with Gasteiger partial charge in [0, 0.05) is 6.07 Å². The normalized spacial score (nSPS) is 15.4. The van der Waals surface area contributed by atoms with Crippen LogP contribution in [0, 0.1) is 6.92 Å². The summed E-state index contributed by atoms with van der Waals surface area (Å²) < 4.78 is 5.49. The second-order valence-corrected chi connectivity index (χ2v) is 4.53. The molecule has 0 aromatic heterocycles. The van der Waals surface area contributed by atoms with Gasteiger partial charge in [0.25, 0.3) is 0 Å². The van der Waals surface area contributed by atoms with E-state index in [-0.39, 0.29) is 17.3 Å². The Bertz CT molecular complexity index is 682. The molecule has 0 saturated heterocycles. The van der Waals surface area contributed by atoms with E-state index in [2.05, 4.69) is 0 Å². The van der Waals surface area contributed by atoms with Crippen LogP contribution in [-0.2, 0) is 0 Å². The van der Waals surface area contributed by atoms with E-state index in [1.807, 2.05) is 31.2 Å². The summed E-state index contributed by atoms with van der Waals surface area (Å²) in [6, 6.07) is 12.3. The summed E-state index contributed by atoms with van der Waals surface area (Å²) >= 11 is 0. The molecule has 3 nitrogen and oxygen atoms in total. The summed E-state index contributed by atoms with van der Waals surface area (Å²) in [6.07, 6.45) is 1.71. The van der Waals surface area contributed by atoms with Crippen molar-refractivity contribution in [2.75, 3.05) is 0 Å². The van der Waals surface area contributed by atoms with Gasteiger partial charge in [0.2, 0.25) is 5.78 Å². The summed E-state index contributed by atoms with van der Waals surface area (Å²) in [5.41, 5.74) is 2.55. The van der Waals surface area contributed by atoms with Crippen LogP contribution in [0.2, 0.25) is 0 Å². The van der Waals surface area contributed by atoms with Gasteiger partial charge in [-0.05, 0) is 30.7 Å². The van der Waals surface area contributed by atoms with Crippen molar-refractivity contribution < 1.29 is 14.6 Å². The molecular weight excluding hydrogens is 240 g/mol. The second kappa shape index (κ2) is 4.28. The van der Waals surface area contributed by atoms with Gasteiger partial charge in [-0.15, -0.1) is 0 Å². The molecule has 0 amide bonds. The van der Waals surface area contributed by atoms with Crippen molar-refractivity contribution in [2.24, 2.45) is 0 Å². The first-order valence-corrected chi connectivity index (χ1v) is 5.97. The van der Waals surface area contributed by atoms with Crippen molar-refractivity contribution in [2.45, 2.75) is 6.92 Å². The number of ketones is 1. The van der Waals surface area contributed by atoms with Crippen LogP contribution < -0.4 is 4.74 Å². The Balaban J connectivity index is 1.97. The monoisotopic (exact) mass is 252 g/mol. The number of aryl methyl sites for hydroxylation is 1. The minimum absolute atomic E-state index is 0.0862. The average molecular weight is 252 g/mol.